The number of halogens is 1. The zero-order valence-electron chi connectivity index (χ0n) is 20.4. The molecule has 0 saturated heterocycles. The Labute approximate surface area is 195 Å². The van der Waals surface area contributed by atoms with Crippen molar-refractivity contribution in [3.63, 3.8) is 0 Å². The molecule has 4 rings (SSSR count). The van der Waals surface area contributed by atoms with E-state index < -0.39 is 0 Å². The standard InChI is InChI=1S/C30H43FO/c1-3-4-5-6-22-7-9-23(10-8-22)11-12-24-13-15-25(16-14-24)26-17-19-28-27(21-26)18-20-29(32-2)30(28)31/h17-25H,3-16H2,1-2H3. The monoisotopic (exact) mass is 438 g/mol. The second kappa shape index (κ2) is 11.5. The van der Waals surface area contributed by atoms with Gasteiger partial charge in [-0.2, -0.15) is 0 Å². The van der Waals surface area contributed by atoms with Crippen molar-refractivity contribution in [3.05, 3.63) is 41.7 Å². The Morgan fingerprint density at radius 1 is 0.781 bits per heavy atom. The summed E-state index contributed by atoms with van der Waals surface area (Å²) in [6, 6.07) is 10.0. The van der Waals surface area contributed by atoms with Crippen LogP contribution in [0.1, 0.15) is 108 Å². The number of hydrogen-bond donors (Lipinski definition) is 0. The molecule has 0 unspecified atom stereocenters. The van der Waals surface area contributed by atoms with Crippen LogP contribution in [0.5, 0.6) is 5.75 Å². The van der Waals surface area contributed by atoms with E-state index in [1.54, 1.807) is 6.07 Å². The smallest absolute Gasteiger partial charge is 0.172 e. The van der Waals surface area contributed by atoms with Crippen LogP contribution in [0.15, 0.2) is 30.3 Å². The van der Waals surface area contributed by atoms with Crippen LogP contribution >= 0.6 is 0 Å². The molecule has 2 aromatic rings. The van der Waals surface area contributed by atoms with Crippen LogP contribution < -0.4 is 4.74 Å². The third-order valence-electron chi connectivity index (χ3n) is 8.65. The van der Waals surface area contributed by atoms with Crippen LogP contribution in [0.3, 0.4) is 0 Å². The average molecular weight is 439 g/mol. The molecule has 2 fully saturated rings. The maximum atomic E-state index is 14.5. The van der Waals surface area contributed by atoms with Crippen LogP contribution in [-0.4, -0.2) is 7.11 Å². The number of methoxy groups -OCH3 is 1. The molecule has 0 bridgehead atoms. The van der Waals surface area contributed by atoms with Gasteiger partial charge in [-0.05, 0) is 66.4 Å². The minimum atomic E-state index is -0.241. The summed E-state index contributed by atoms with van der Waals surface area (Å²) in [5.74, 6) is 3.69. The second-order valence-electron chi connectivity index (χ2n) is 10.7. The molecule has 176 valence electrons. The molecule has 0 spiro atoms. The first-order valence-electron chi connectivity index (χ1n) is 13.4. The van der Waals surface area contributed by atoms with Crippen molar-refractivity contribution in [2.45, 2.75) is 103 Å². The van der Waals surface area contributed by atoms with Crippen molar-refractivity contribution in [2.24, 2.45) is 17.8 Å². The molecule has 2 heteroatoms. The maximum absolute atomic E-state index is 14.5. The molecule has 2 aliphatic carbocycles. The number of unbranched alkanes of at least 4 members (excludes halogenated alkanes) is 2. The van der Waals surface area contributed by atoms with Crippen molar-refractivity contribution in [1.29, 1.82) is 0 Å². The summed E-state index contributed by atoms with van der Waals surface area (Å²) in [4.78, 5) is 0. The SMILES string of the molecule is CCCCCC1CCC(CCC2CCC(c3ccc4c(F)c(OC)ccc4c3)CC2)CC1. The topological polar surface area (TPSA) is 9.23 Å². The Kier molecular flexibility index (Phi) is 8.49. The highest BCUT2D eigenvalue weighted by atomic mass is 19.1. The molecule has 2 aromatic carbocycles. The molecule has 0 N–H and O–H groups in total. The van der Waals surface area contributed by atoms with Gasteiger partial charge >= 0.3 is 0 Å². The van der Waals surface area contributed by atoms with E-state index in [2.05, 4.69) is 19.1 Å². The molecule has 0 radical (unpaired) electrons. The van der Waals surface area contributed by atoms with Gasteiger partial charge in [-0.3, -0.25) is 0 Å². The second-order valence-corrected chi connectivity index (χ2v) is 10.7. The Bertz CT molecular complexity index is 843. The van der Waals surface area contributed by atoms with Gasteiger partial charge in [0.1, 0.15) is 0 Å². The average Bonchev–Trinajstić information content (AvgIpc) is 2.84. The van der Waals surface area contributed by atoms with Crippen molar-refractivity contribution in [1.82, 2.24) is 0 Å². The van der Waals surface area contributed by atoms with Crippen LogP contribution in [0.25, 0.3) is 10.8 Å². The minimum Gasteiger partial charge on any atom is -0.494 e. The van der Waals surface area contributed by atoms with Gasteiger partial charge in [-0.1, -0.05) is 95.4 Å². The lowest BCUT2D eigenvalue weighted by atomic mass is 9.74. The number of rotatable bonds is 9. The maximum Gasteiger partial charge on any atom is 0.172 e. The van der Waals surface area contributed by atoms with Gasteiger partial charge in [0.25, 0.3) is 0 Å². The molecule has 0 amide bonds. The summed E-state index contributed by atoms with van der Waals surface area (Å²) in [6.45, 7) is 2.31. The third kappa shape index (κ3) is 5.86. The van der Waals surface area contributed by atoms with Crippen molar-refractivity contribution < 1.29 is 9.13 Å². The van der Waals surface area contributed by atoms with Gasteiger partial charge in [-0.25, -0.2) is 4.39 Å². The third-order valence-corrected chi connectivity index (χ3v) is 8.65. The fourth-order valence-electron chi connectivity index (χ4n) is 6.45. The summed E-state index contributed by atoms with van der Waals surface area (Å²) in [5.41, 5.74) is 1.39. The lowest BCUT2D eigenvalue weighted by Crippen LogP contribution is -2.17. The van der Waals surface area contributed by atoms with Crippen molar-refractivity contribution >= 4 is 10.8 Å². The van der Waals surface area contributed by atoms with Gasteiger partial charge in [0, 0.05) is 5.39 Å². The number of benzene rings is 2. The highest BCUT2D eigenvalue weighted by molar-refractivity contribution is 5.85. The summed E-state index contributed by atoms with van der Waals surface area (Å²) in [7, 11) is 1.52. The van der Waals surface area contributed by atoms with Gasteiger partial charge in [-0.15, -0.1) is 0 Å². The molecular weight excluding hydrogens is 395 g/mol. The first kappa shape index (κ1) is 23.6. The van der Waals surface area contributed by atoms with E-state index >= 15 is 0 Å². The fraction of sp³-hybridized carbons (Fsp3) is 0.667. The number of fused-ring (bicyclic) bond motifs is 1. The quantitative estimate of drug-likeness (QED) is 0.354. The van der Waals surface area contributed by atoms with Crippen LogP contribution in [-0.2, 0) is 0 Å². The predicted octanol–water partition coefficient (Wildman–Crippen LogP) is 9.43. The predicted molar refractivity (Wildman–Crippen MR) is 134 cm³/mol. The van der Waals surface area contributed by atoms with E-state index in [0.29, 0.717) is 17.1 Å². The number of hydrogen-bond acceptors (Lipinski definition) is 1. The van der Waals surface area contributed by atoms with Crippen LogP contribution in [0, 0.1) is 23.6 Å². The van der Waals surface area contributed by atoms with E-state index in [1.807, 2.05) is 12.1 Å². The van der Waals surface area contributed by atoms with E-state index in [4.69, 9.17) is 4.74 Å². The zero-order valence-corrected chi connectivity index (χ0v) is 20.4. The molecule has 0 aliphatic heterocycles. The fourth-order valence-corrected chi connectivity index (χ4v) is 6.45. The number of ether oxygens (including phenoxy) is 1. The Balaban J connectivity index is 1.21. The Morgan fingerprint density at radius 2 is 1.41 bits per heavy atom. The summed E-state index contributed by atoms with van der Waals surface area (Å²) in [5, 5.41) is 1.66. The lowest BCUT2D eigenvalue weighted by Gasteiger charge is -2.32. The van der Waals surface area contributed by atoms with Crippen molar-refractivity contribution in [3.8, 4) is 5.75 Å². The van der Waals surface area contributed by atoms with Gasteiger partial charge in [0.2, 0.25) is 0 Å². The molecule has 32 heavy (non-hydrogen) atoms. The zero-order chi connectivity index (χ0) is 22.3. The molecule has 2 saturated carbocycles. The summed E-state index contributed by atoms with van der Waals surface area (Å²) >= 11 is 0. The highest BCUT2D eigenvalue weighted by Crippen LogP contribution is 2.41. The molecular formula is C30H43FO. The largest absolute Gasteiger partial charge is 0.494 e. The van der Waals surface area contributed by atoms with Gasteiger partial charge < -0.3 is 4.74 Å². The van der Waals surface area contributed by atoms with Crippen molar-refractivity contribution in [2.75, 3.05) is 7.11 Å². The molecule has 1 nitrogen and oxygen atoms in total. The van der Waals surface area contributed by atoms with E-state index in [1.165, 1.54) is 103 Å². The van der Waals surface area contributed by atoms with E-state index in [-0.39, 0.29) is 5.82 Å². The molecule has 0 aromatic heterocycles. The van der Waals surface area contributed by atoms with Gasteiger partial charge in [0.15, 0.2) is 11.6 Å². The first-order valence-corrected chi connectivity index (χ1v) is 13.4. The lowest BCUT2D eigenvalue weighted by molar-refractivity contribution is 0.222. The Hall–Kier alpha value is -1.57. The Morgan fingerprint density at radius 3 is 2.03 bits per heavy atom. The molecule has 0 atom stereocenters. The van der Waals surface area contributed by atoms with E-state index in [0.717, 1.165) is 23.1 Å². The summed E-state index contributed by atoms with van der Waals surface area (Å²) < 4.78 is 19.6. The van der Waals surface area contributed by atoms with Gasteiger partial charge in [0.05, 0.1) is 7.11 Å². The molecule has 0 heterocycles. The van der Waals surface area contributed by atoms with Crippen LogP contribution in [0.2, 0.25) is 0 Å². The minimum absolute atomic E-state index is 0.241. The van der Waals surface area contributed by atoms with Crippen LogP contribution in [0.4, 0.5) is 4.39 Å². The van der Waals surface area contributed by atoms with E-state index in [9.17, 15) is 4.39 Å². The highest BCUT2D eigenvalue weighted by Gasteiger charge is 2.25. The summed E-state index contributed by atoms with van der Waals surface area (Å²) in [6.07, 6.45) is 19.9. The normalized spacial score (nSPS) is 26.3. The first-order chi connectivity index (χ1) is 15.7. The molecule has 2 aliphatic rings.